The summed E-state index contributed by atoms with van der Waals surface area (Å²) in [6.07, 6.45) is 2.62. The van der Waals surface area contributed by atoms with E-state index < -0.39 is 18.2 Å². The summed E-state index contributed by atoms with van der Waals surface area (Å²) in [6, 6.07) is 17.3. The van der Waals surface area contributed by atoms with E-state index in [0.29, 0.717) is 17.0 Å². The first-order valence-corrected chi connectivity index (χ1v) is 8.43. The molecule has 3 aromatic heterocycles. The number of nitrogens with zero attached hydrogens (tertiary/aromatic N) is 4. The zero-order valence-electron chi connectivity index (χ0n) is 14.3. The van der Waals surface area contributed by atoms with Crippen LogP contribution in [0.25, 0.3) is 11.5 Å². The average molecular weight is 366 g/mol. The van der Waals surface area contributed by atoms with Crippen molar-refractivity contribution >= 4 is 0 Å². The van der Waals surface area contributed by atoms with Crippen molar-refractivity contribution in [3.8, 4) is 11.5 Å². The molecule has 7 heteroatoms. The topological polar surface area (TPSA) is 56.7 Å². The number of furan rings is 1. The van der Waals surface area contributed by atoms with Crippen LogP contribution in [0.5, 0.6) is 0 Å². The Balaban J connectivity index is 1.76. The summed E-state index contributed by atoms with van der Waals surface area (Å²) >= 11 is 0. The van der Waals surface area contributed by atoms with Crippen LogP contribution in [0.3, 0.4) is 0 Å². The van der Waals surface area contributed by atoms with Crippen LogP contribution < -0.4 is 0 Å². The third-order valence-electron chi connectivity index (χ3n) is 4.13. The van der Waals surface area contributed by atoms with Gasteiger partial charge in [-0.05, 0) is 29.8 Å². The highest BCUT2D eigenvalue weighted by Crippen LogP contribution is 2.33. The van der Waals surface area contributed by atoms with Crippen LogP contribution in [0, 0.1) is 0 Å². The van der Waals surface area contributed by atoms with E-state index >= 15 is 8.78 Å². The zero-order valence-corrected chi connectivity index (χ0v) is 14.3. The normalized spacial score (nSPS) is 11.6. The number of rotatable bonds is 6. The quantitative estimate of drug-likeness (QED) is 0.510. The van der Waals surface area contributed by atoms with Crippen molar-refractivity contribution in [1.82, 2.24) is 19.7 Å². The van der Waals surface area contributed by atoms with Crippen LogP contribution in [-0.4, -0.2) is 19.7 Å². The first kappa shape index (κ1) is 17.1. The van der Waals surface area contributed by atoms with Gasteiger partial charge in [0.2, 0.25) is 5.82 Å². The Kier molecular flexibility index (Phi) is 4.50. The molecule has 0 bridgehead atoms. The van der Waals surface area contributed by atoms with Gasteiger partial charge in [-0.1, -0.05) is 36.4 Å². The second-order valence-electron chi connectivity index (χ2n) is 6.09. The second-order valence-corrected chi connectivity index (χ2v) is 6.09. The molecule has 3 heterocycles. The first-order valence-electron chi connectivity index (χ1n) is 8.43. The maximum Gasteiger partial charge on any atom is 0.310 e. The van der Waals surface area contributed by atoms with E-state index in [1.54, 1.807) is 66.9 Å². The Hall–Kier alpha value is -3.35. The molecule has 0 fully saturated rings. The molecule has 4 aromatic rings. The van der Waals surface area contributed by atoms with Gasteiger partial charge in [-0.25, -0.2) is 0 Å². The summed E-state index contributed by atoms with van der Waals surface area (Å²) < 4.78 is 36.9. The average Bonchev–Trinajstić information content (AvgIpc) is 3.33. The highest BCUT2D eigenvalue weighted by Gasteiger charge is 2.39. The first-order chi connectivity index (χ1) is 13.1. The molecule has 0 atom stereocenters. The van der Waals surface area contributed by atoms with Gasteiger partial charge in [0, 0.05) is 12.6 Å². The van der Waals surface area contributed by atoms with E-state index in [1.165, 1.54) is 10.8 Å². The Morgan fingerprint density at radius 1 is 0.926 bits per heavy atom. The lowest BCUT2D eigenvalue weighted by molar-refractivity contribution is -0.0167. The van der Waals surface area contributed by atoms with Crippen molar-refractivity contribution in [3.63, 3.8) is 0 Å². The maximum absolute atomic E-state index is 15.1. The maximum atomic E-state index is 15.1. The third-order valence-corrected chi connectivity index (χ3v) is 4.13. The molecule has 0 aliphatic carbocycles. The van der Waals surface area contributed by atoms with Crippen molar-refractivity contribution in [3.05, 3.63) is 90.3 Å². The fourth-order valence-corrected chi connectivity index (χ4v) is 2.90. The highest BCUT2D eigenvalue weighted by molar-refractivity contribution is 5.49. The van der Waals surface area contributed by atoms with Gasteiger partial charge in [0.15, 0.2) is 5.82 Å². The van der Waals surface area contributed by atoms with Crippen molar-refractivity contribution in [1.29, 1.82) is 0 Å². The molecule has 5 nitrogen and oxygen atoms in total. The molecule has 0 spiro atoms. The SMILES string of the molecule is FC(F)(Cc1ccccc1)c1nnc(-c2ccccn2)n1Cc1ccco1. The smallest absolute Gasteiger partial charge is 0.310 e. The van der Waals surface area contributed by atoms with E-state index in [-0.39, 0.29) is 12.4 Å². The van der Waals surface area contributed by atoms with Gasteiger partial charge >= 0.3 is 5.92 Å². The van der Waals surface area contributed by atoms with Crippen LogP contribution in [-0.2, 0) is 18.9 Å². The summed E-state index contributed by atoms with van der Waals surface area (Å²) in [5, 5.41) is 7.83. The molecule has 0 amide bonds. The minimum absolute atomic E-state index is 0.0889. The van der Waals surface area contributed by atoms with Crippen LogP contribution in [0.15, 0.2) is 77.5 Å². The van der Waals surface area contributed by atoms with E-state index in [0.717, 1.165) is 0 Å². The molecule has 0 aliphatic heterocycles. The monoisotopic (exact) mass is 366 g/mol. The van der Waals surface area contributed by atoms with Gasteiger partial charge in [0.1, 0.15) is 11.5 Å². The summed E-state index contributed by atoms with van der Waals surface area (Å²) in [6.45, 7) is 0.0889. The fraction of sp³-hybridized carbons (Fsp3) is 0.150. The van der Waals surface area contributed by atoms with E-state index in [9.17, 15) is 0 Å². The molecule has 1 aromatic carbocycles. The predicted octanol–water partition coefficient (Wildman–Crippen LogP) is 4.32. The van der Waals surface area contributed by atoms with Crippen molar-refractivity contribution < 1.29 is 13.2 Å². The van der Waals surface area contributed by atoms with Crippen LogP contribution >= 0.6 is 0 Å². The number of aromatic nitrogens is 4. The van der Waals surface area contributed by atoms with Crippen LogP contribution in [0.1, 0.15) is 17.1 Å². The molecule has 0 saturated carbocycles. The molecule has 0 radical (unpaired) electrons. The Morgan fingerprint density at radius 2 is 1.74 bits per heavy atom. The number of halogens is 2. The van der Waals surface area contributed by atoms with Gasteiger partial charge in [-0.3, -0.25) is 9.55 Å². The fourth-order valence-electron chi connectivity index (χ4n) is 2.90. The Labute approximate surface area is 154 Å². The second kappa shape index (κ2) is 7.11. The standard InChI is InChI=1S/C20H16F2N4O/c21-20(22,13-15-7-2-1-3-8-15)19-25-24-18(17-10-4-5-11-23-17)26(19)14-16-9-6-12-27-16/h1-12H,13-14H2. The highest BCUT2D eigenvalue weighted by atomic mass is 19.3. The van der Waals surface area contributed by atoms with E-state index in [4.69, 9.17) is 4.42 Å². The number of alkyl halides is 2. The molecule has 27 heavy (non-hydrogen) atoms. The Bertz CT molecular complexity index is 999. The lowest BCUT2D eigenvalue weighted by atomic mass is 10.1. The largest absolute Gasteiger partial charge is 0.467 e. The summed E-state index contributed by atoms with van der Waals surface area (Å²) in [5.41, 5.74) is 0.993. The lowest BCUT2D eigenvalue weighted by Gasteiger charge is -2.17. The molecule has 4 rings (SSSR count). The Morgan fingerprint density at radius 3 is 2.44 bits per heavy atom. The third kappa shape index (κ3) is 3.62. The van der Waals surface area contributed by atoms with Crippen molar-refractivity contribution in [2.45, 2.75) is 18.9 Å². The van der Waals surface area contributed by atoms with Crippen molar-refractivity contribution in [2.24, 2.45) is 0 Å². The minimum atomic E-state index is -3.20. The predicted molar refractivity (Wildman–Crippen MR) is 95.1 cm³/mol. The zero-order chi connectivity index (χ0) is 18.7. The minimum Gasteiger partial charge on any atom is -0.467 e. The number of hydrogen-bond acceptors (Lipinski definition) is 4. The van der Waals surface area contributed by atoms with Gasteiger partial charge in [0.25, 0.3) is 0 Å². The molecule has 136 valence electrons. The molecule has 0 saturated heterocycles. The molecular formula is C20H16F2N4O. The molecule has 0 unspecified atom stereocenters. The van der Waals surface area contributed by atoms with Crippen LogP contribution in [0.4, 0.5) is 8.78 Å². The summed E-state index contributed by atoms with van der Waals surface area (Å²) in [7, 11) is 0. The summed E-state index contributed by atoms with van der Waals surface area (Å²) in [5.74, 6) is -2.81. The molecule has 0 N–H and O–H groups in total. The summed E-state index contributed by atoms with van der Waals surface area (Å²) in [4.78, 5) is 4.22. The number of pyridine rings is 1. The number of hydrogen-bond donors (Lipinski definition) is 0. The van der Waals surface area contributed by atoms with Gasteiger partial charge < -0.3 is 4.42 Å². The lowest BCUT2D eigenvalue weighted by Crippen LogP contribution is -2.23. The molecule has 0 aliphatic rings. The van der Waals surface area contributed by atoms with Gasteiger partial charge in [0.05, 0.1) is 12.8 Å². The number of benzene rings is 1. The van der Waals surface area contributed by atoms with Crippen LogP contribution in [0.2, 0.25) is 0 Å². The van der Waals surface area contributed by atoms with Gasteiger partial charge in [-0.2, -0.15) is 8.78 Å². The molecular weight excluding hydrogens is 350 g/mol. The van der Waals surface area contributed by atoms with E-state index in [1.807, 2.05) is 0 Å². The van der Waals surface area contributed by atoms with E-state index in [2.05, 4.69) is 15.2 Å². The van der Waals surface area contributed by atoms with Crippen molar-refractivity contribution in [2.75, 3.05) is 0 Å². The van der Waals surface area contributed by atoms with Gasteiger partial charge in [-0.15, -0.1) is 10.2 Å².